The molecule has 6 nitrogen and oxygen atoms in total. The van der Waals surface area contributed by atoms with Crippen LogP contribution < -0.4 is 10.6 Å². The van der Waals surface area contributed by atoms with E-state index in [-0.39, 0.29) is 17.6 Å². The van der Waals surface area contributed by atoms with Crippen molar-refractivity contribution in [2.45, 2.75) is 19.9 Å². The highest BCUT2D eigenvalue weighted by Gasteiger charge is 2.25. The molecule has 2 N–H and O–H groups in total. The summed E-state index contributed by atoms with van der Waals surface area (Å²) in [5.74, 6) is -0.0995. The van der Waals surface area contributed by atoms with E-state index in [0.717, 1.165) is 11.1 Å². The Bertz CT molecular complexity index is 947. The molecule has 0 saturated heterocycles. The Balaban J connectivity index is 1.74. The van der Waals surface area contributed by atoms with E-state index in [2.05, 4.69) is 15.6 Å². The van der Waals surface area contributed by atoms with Crippen molar-refractivity contribution in [3.05, 3.63) is 66.6 Å². The Morgan fingerprint density at radius 1 is 0.964 bits per heavy atom. The van der Waals surface area contributed by atoms with Gasteiger partial charge in [0.2, 0.25) is 5.91 Å². The van der Waals surface area contributed by atoms with Gasteiger partial charge in [-0.2, -0.15) is 0 Å². The van der Waals surface area contributed by atoms with Crippen LogP contribution in [0.2, 0.25) is 0 Å². The molecule has 1 atom stereocenters. The van der Waals surface area contributed by atoms with E-state index in [1.165, 1.54) is 0 Å². The summed E-state index contributed by atoms with van der Waals surface area (Å²) in [6.07, 6.45) is 1.77. The van der Waals surface area contributed by atoms with Crippen LogP contribution in [0.5, 0.6) is 0 Å². The third-order valence-corrected chi connectivity index (χ3v) is 4.43. The Morgan fingerprint density at radius 3 is 2.32 bits per heavy atom. The smallest absolute Gasteiger partial charge is 0.287 e. The number of nitrogens with one attached hydrogen (secondary N) is 2. The molecule has 0 aliphatic heterocycles. The molecule has 2 heterocycles. The molecule has 0 saturated carbocycles. The SMILES string of the molecule is CNC(=O)[C@@H](NC(=O)c1ccc(-c2ccc(-c3ccccc3)cn2)o1)C(C)C. The number of furan rings is 1. The fourth-order valence-electron chi connectivity index (χ4n) is 2.84. The van der Waals surface area contributed by atoms with Gasteiger partial charge in [-0.25, -0.2) is 0 Å². The number of aromatic nitrogens is 1. The lowest BCUT2D eigenvalue weighted by Crippen LogP contribution is -2.48. The van der Waals surface area contributed by atoms with Crippen molar-refractivity contribution in [2.75, 3.05) is 7.05 Å². The number of amides is 2. The van der Waals surface area contributed by atoms with Crippen molar-refractivity contribution in [2.24, 2.45) is 5.92 Å². The van der Waals surface area contributed by atoms with Crippen LogP contribution in [0.15, 0.2) is 65.2 Å². The largest absolute Gasteiger partial charge is 0.449 e. The molecule has 0 bridgehead atoms. The molecule has 28 heavy (non-hydrogen) atoms. The maximum atomic E-state index is 12.5. The zero-order valence-corrected chi connectivity index (χ0v) is 16.1. The van der Waals surface area contributed by atoms with E-state index in [9.17, 15) is 9.59 Å². The van der Waals surface area contributed by atoms with Crippen molar-refractivity contribution in [1.29, 1.82) is 0 Å². The van der Waals surface area contributed by atoms with Gasteiger partial charge >= 0.3 is 0 Å². The van der Waals surface area contributed by atoms with Crippen LogP contribution in [0.3, 0.4) is 0 Å². The number of nitrogens with zero attached hydrogens (tertiary/aromatic N) is 1. The zero-order valence-electron chi connectivity index (χ0n) is 16.1. The van der Waals surface area contributed by atoms with Crippen LogP contribution in [-0.4, -0.2) is 29.9 Å². The molecule has 6 heteroatoms. The first-order valence-corrected chi connectivity index (χ1v) is 9.13. The van der Waals surface area contributed by atoms with Crippen LogP contribution in [-0.2, 0) is 4.79 Å². The second kappa shape index (κ2) is 8.52. The minimum atomic E-state index is -0.630. The zero-order chi connectivity index (χ0) is 20.1. The van der Waals surface area contributed by atoms with E-state index in [1.807, 2.05) is 56.3 Å². The minimum absolute atomic E-state index is 0.0504. The maximum Gasteiger partial charge on any atom is 0.287 e. The molecule has 144 valence electrons. The van der Waals surface area contributed by atoms with Crippen LogP contribution in [0.1, 0.15) is 24.4 Å². The number of pyridine rings is 1. The summed E-state index contributed by atoms with van der Waals surface area (Å²) in [5.41, 5.74) is 2.71. The molecule has 0 aliphatic carbocycles. The topological polar surface area (TPSA) is 84.2 Å². The normalized spacial score (nSPS) is 11.9. The maximum absolute atomic E-state index is 12.5. The number of hydrogen-bond acceptors (Lipinski definition) is 4. The van der Waals surface area contributed by atoms with Gasteiger partial charge < -0.3 is 15.1 Å². The van der Waals surface area contributed by atoms with Crippen molar-refractivity contribution < 1.29 is 14.0 Å². The fraction of sp³-hybridized carbons (Fsp3) is 0.227. The number of likely N-dealkylation sites (N-methyl/N-ethyl adjacent to an activating group) is 1. The summed E-state index contributed by atoms with van der Waals surface area (Å²) < 4.78 is 5.66. The molecular weight excluding hydrogens is 354 g/mol. The molecule has 3 rings (SSSR count). The van der Waals surface area contributed by atoms with E-state index < -0.39 is 11.9 Å². The van der Waals surface area contributed by atoms with Crippen molar-refractivity contribution in [3.63, 3.8) is 0 Å². The molecule has 3 aromatic rings. The van der Waals surface area contributed by atoms with Gasteiger partial charge in [0.05, 0.1) is 0 Å². The van der Waals surface area contributed by atoms with Crippen molar-refractivity contribution in [3.8, 4) is 22.6 Å². The third kappa shape index (κ3) is 4.28. The molecular formula is C22H23N3O3. The third-order valence-electron chi connectivity index (χ3n) is 4.43. The lowest BCUT2D eigenvalue weighted by molar-refractivity contribution is -0.123. The predicted octanol–water partition coefficient (Wildman–Crippen LogP) is 3.51. The van der Waals surface area contributed by atoms with Gasteiger partial charge in [-0.15, -0.1) is 0 Å². The Labute approximate surface area is 164 Å². The standard InChI is InChI=1S/C22H23N3O3/c1-14(2)20(22(27)23-3)25-21(26)19-12-11-18(28-19)17-10-9-16(13-24-17)15-7-5-4-6-8-15/h4-14,20H,1-3H3,(H,23,27)(H,25,26)/t20-/m0/s1. The number of rotatable bonds is 6. The molecule has 2 amide bonds. The Hall–Kier alpha value is -3.41. The molecule has 0 aliphatic rings. The summed E-state index contributed by atoms with van der Waals surface area (Å²) in [5, 5.41) is 5.27. The van der Waals surface area contributed by atoms with E-state index in [1.54, 1.807) is 25.4 Å². The average molecular weight is 377 g/mol. The second-order valence-corrected chi connectivity index (χ2v) is 6.77. The van der Waals surface area contributed by atoms with E-state index >= 15 is 0 Å². The minimum Gasteiger partial charge on any atom is -0.449 e. The predicted molar refractivity (Wildman–Crippen MR) is 108 cm³/mol. The van der Waals surface area contributed by atoms with E-state index in [0.29, 0.717) is 11.5 Å². The van der Waals surface area contributed by atoms with Gasteiger partial charge in [0.1, 0.15) is 11.7 Å². The fourth-order valence-corrected chi connectivity index (χ4v) is 2.84. The van der Waals surface area contributed by atoms with Crippen LogP contribution in [0.25, 0.3) is 22.6 Å². The van der Waals surface area contributed by atoms with E-state index in [4.69, 9.17) is 4.42 Å². The first-order valence-electron chi connectivity index (χ1n) is 9.13. The molecule has 0 fully saturated rings. The Morgan fingerprint density at radius 2 is 1.71 bits per heavy atom. The summed E-state index contributed by atoms with van der Waals surface area (Å²) in [7, 11) is 1.54. The number of benzene rings is 1. The van der Waals surface area contributed by atoms with Gasteiger partial charge in [0.25, 0.3) is 5.91 Å². The van der Waals surface area contributed by atoms with Crippen molar-refractivity contribution >= 4 is 11.8 Å². The van der Waals surface area contributed by atoms with Crippen LogP contribution >= 0.6 is 0 Å². The van der Waals surface area contributed by atoms with Gasteiger partial charge in [-0.3, -0.25) is 14.6 Å². The van der Waals surface area contributed by atoms with Gasteiger partial charge in [-0.05, 0) is 29.7 Å². The van der Waals surface area contributed by atoms with Crippen molar-refractivity contribution in [1.82, 2.24) is 15.6 Å². The summed E-state index contributed by atoms with van der Waals surface area (Å²) in [6, 6.07) is 16.4. The lowest BCUT2D eigenvalue weighted by atomic mass is 10.0. The lowest BCUT2D eigenvalue weighted by Gasteiger charge is -2.19. The Kier molecular flexibility index (Phi) is 5.89. The first kappa shape index (κ1) is 19.4. The number of hydrogen-bond donors (Lipinski definition) is 2. The van der Waals surface area contributed by atoms with Gasteiger partial charge in [-0.1, -0.05) is 50.2 Å². The molecule has 1 aromatic carbocycles. The highest BCUT2D eigenvalue weighted by atomic mass is 16.4. The second-order valence-electron chi connectivity index (χ2n) is 6.77. The first-order chi connectivity index (χ1) is 13.5. The van der Waals surface area contributed by atoms with Crippen LogP contribution in [0.4, 0.5) is 0 Å². The highest BCUT2D eigenvalue weighted by Crippen LogP contribution is 2.24. The molecule has 0 radical (unpaired) electrons. The number of carbonyl (C=O) groups is 2. The molecule has 0 unspecified atom stereocenters. The number of carbonyl (C=O) groups excluding carboxylic acids is 2. The summed E-state index contributed by atoms with van der Waals surface area (Å²) >= 11 is 0. The molecule has 2 aromatic heterocycles. The van der Waals surface area contributed by atoms with Crippen LogP contribution in [0, 0.1) is 5.92 Å². The summed E-state index contributed by atoms with van der Waals surface area (Å²) in [6.45, 7) is 3.73. The summed E-state index contributed by atoms with van der Waals surface area (Å²) in [4.78, 5) is 28.8. The quantitative estimate of drug-likeness (QED) is 0.688. The highest BCUT2D eigenvalue weighted by molar-refractivity contribution is 5.96. The molecule has 0 spiro atoms. The van der Waals surface area contributed by atoms with Gasteiger partial charge in [0, 0.05) is 18.8 Å². The monoisotopic (exact) mass is 377 g/mol. The van der Waals surface area contributed by atoms with Gasteiger partial charge in [0.15, 0.2) is 11.5 Å². The average Bonchev–Trinajstić information content (AvgIpc) is 3.22.